The van der Waals surface area contributed by atoms with Gasteiger partial charge in [-0.2, -0.15) is 0 Å². The maximum atomic E-state index is 11.3. The molecule has 0 atom stereocenters. The van der Waals surface area contributed by atoms with Crippen molar-refractivity contribution in [3.63, 3.8) is 0 Å². The number of piperidine rings is 1. The van der Waals surface area contributed by atoms with E-state index in [0.29, 0.717) is 24.0 Å². The predicted molar refractivity (Wildman–Crippen MR) is 136 cm³/mol. The molecule has 0 unspecified atom stereocenters. The number of nitrogens with two attached hydrogens (primary N) is 1. The molecule has 186 valence electrons. The summed E-state index contributed by atoms with van der Waals surface area (Å²) in [5.74, 6) is 1.52. The van der Waals surface area contributed by atoms with Gasteiger partial charge in [0.2, 0.25) is 5.91 Å². The SMILES string of the molecule is COCCN1CCC(COc2cc3ncnc(-c4ccc(CC(N)=O)c(C)c4)c3cc2OC)CC1. The summed E-state index contributed by atoms with van der Waals surface area (Å²) >= 11 is 0. The minimum atomic E-state index is -0.345. The number of likely N-dealkylation sites (tertiary alicyclic amines) is 1. The Morgan fingerprint density at radius 2 is 1.91 bits per heavy atom. The molecule has 0 spiro atoms. The summed E-state index contributed by atoms with van der Waals surface area (Å²) < 4.78 is 17.1. The van der Waals surface area contributed by atoms with E-state index in [2.05, 4.69) is 14.9 Å². The molecule has 1 amide bonds. The summed E-state index contributed by atoms with van der Waals surface area (Å²) in [6.45, 7) is 6.52. The molecular weight excluding hydrogens is 444 g/mol. The molecule has 8 heteroatoms. The van der Waals surface area contributed by atoms with E-state index in [9.17, 15) is 4.79 Å². The van der Waals surface area contributed by atoms with Crippen LogP contribution in [0.4, 0.5) is 0 Å². The second kappa shape index (κ2) is 11.5. The summed E-state index contributed by atoms with van der Waals surface area (Å²) in [6.07, 6.45) is 4.00. The lowest BCUT2D eigenvalue weighted by atomic mass is 9.98. The molecule has 0 aliphatic carbocycles. The normalized spacial score (nSPS) is 14.8. The lowest BCUT2D eigenvalue weighted by molar-refractivity contribution is -0.117. The zero-order chi connectivity index (χ0) is 24.8. The molecule has 0 bridgehead atoms. The molecule has 1 aliphatic heterocycles. The molecule has 35 heavy (non-hydrogen) atoms. The Kier molecular flexibility index (Phi) is 8.15. The number of ether oxygens (including phenoxy) is 3. The first-order valence-corrected chi connectivity index (χ1v) is 12.0. The average Bonchev–Trinajstić information content (AvgIpc) is 2.86. The van der Waals surface area contributed by atoms with Crippen LogP contribution in [0.1, 0.15) is 24.0 Å². The smallest absolute Gasteiger partial charge is 0.221 e. The van der Waals surface area contributed by atoms with Crippen molar-refractivity contribution in [1.29, 1.82) is 0 Å². The second-order valence-corrected chi connectivity index (χ2v) is 9.12. The van der Waals surface area contributed by atoms with Crippen LogP contribution in [0.5, 0.6) is 11.5 Å². The number of rotatable bonds is 10. The van der Waals surface area contributed by atoms with Crippen molar-refractivity contribution in [2.75, 3.05) is 47.1 Å². The molecule has 4 rings (SSSR count). The van der Waals surface area contributed by atoms with Crippen LogP contribution in [0.15, 0.2) is 36.7 Å². The molecule has 1 aromatic heterocycles. The molecule has 1 fully saturated rings. The first-order chi connectivity index (χ1) is 17.0. The number of carbonyl (C=O) groups is 1. The first-order valence-electron chi connectivity index (χ1n) is 12.0. The summed E-state index contributed by atoms with van der Waals surface area (Å²) in [7, 11) is 3.39. The van der Waals surface area contributed by atoms with Gasteiger partial charge in [0.15, 0.2) is 11.5 Å². The van der Waals surface area contributed by atoms with E-state index < -0.39 is 0 Å². The third kappa shape index (κ3) is 6.07. The molecule has 2 heterocycles. The minimum absolute atomic E-state index is 0.220. The Morgan fingerprint density at radius 1 is 1.11 bits per heavy atom. The van der Waals surface area contributed by atoms with Gasteiger partial charge in [-0.25, -0.2) is 9.97 Å². The highest BCUT2D eigenvalue weighted by Gasteiger charge is 2.21. The summed E-state index contributed by atoms with van der Waals surface area (Å²) in [6, 6.07) is 9.79. The first kappa shape index (κ1) is 24.9. The fourth-order valence-electron chi connectivity index (χ4n) is 4.60. The Labute approximate surface area is 206 Å². The van der Waals surface area contributed by atoms with Crippen LogP contribution in [0.3, 0.4) is 0 Å². The van der Waals surface area contributed by atoms with E-state index in [0.717, 1.165) is 72.4 Å². The van der Waals surface area contributed by atoms with Gasteiger partial charge in [0.1, 0.15) is 6.33 Å². The van der Waals surface area contributed by atoms with Crippen molar-refractivity contribution in [2.24, 2.45) is 11.7 Å². The lowest BCUT2D eigenvalue weighted by Crippen LogP contribution is -2.37. The van der Waals surface area contributed by atoms with E-state index >= 15 is 0 Å². The molecule has 1 saturated heterocycles. The Bertz CT molecular complexity index is 1180. The minimum Gasteiger partial charge on any atom is -0.493 e. The van der Waals surface area contributed by atoms with Crippen LogP contribution in [0, 0.1) is 12.8 Å². The third-order valence-electron chi connectivity index (χ3n) is 6.69. The fourth-order valence-corrected chi connectivity index (χ4v) is 4.60. The van der Waals surface area contributed by atoms with E-state index in [-0.39, 0.29) is 12.3 Å². The van der Waals surface area contributed by atoms with E-state index in [1.807, 2.05) is 37.3 Å². The zero-order valence-corrected chi connectivity index (χ0v) is 20.8. The standard InChI is InChI=1S/C27H34N4O4/c1-18-12-21(5-4-20(18)13-26(28)32)27-22-14-24(34-3)25(15-23(22)29-17-30-27)35-16-19-6-8-31(9-7-19)10-11-33-2/h4-5,12,14-15,17,19H,6-11,13,16H2,1-3H3,(H2,28,32). The van der Waals surface area contributed by atoms with Gasteiger partial charge in [-0.15, -0.1) is 0 Å². The number of hydrogen-bond acceptors (Lipinski definition) is 7. The molecule has 2 aromatic carbocycles. The number of fused-ring (bicyclic) bond motifs is 1. The van der Waals surface area contributed by atoms with E-state index in [4.69, 9.17) is 19.9 Å². The van der Waals surface area contributed by atoms with Crippen molar-refractivity contribution in [3.8, 4) is 22.8 Å². The van der Waals surface area contributed by atoms with Crippen molar-refractivity contribution in [3.05, 3.63) is 47.8 Å². The molecule has 2 N–H and O–H groups in total. The monoisotopic (exact) mass is 478 g/mol. The second-order valence-electron chi connectivity index (χ2n) is 9.12. The Morgan fingerprint density at radius 3 is 2.60 bits per heavy atom. The number of aryl methyl sites for hydroxylation is 1. The van der Waals surface area contributed by atoms with E-state index in [1.54, 1.807) is 20.5 Å². The fraction of sp³-hybridized carbons (Fsp3) is 0.444. The van der Waals surface area contributed by atoms with Gasteiger partial charge in [-0.05, 0) is 62.0 Å². The number of benzene rings is 2. The highest BCUT2D eigenvalue weighted by atomic mass is 16.5. The van der Waals surface area contributed by atoms with Gasteiger partial charge in [0.25, 0.3) is 0 Å². The number of primary amides is 1. The van der Waals surface area contributed by atoms with Crippen LogP contribution in [0.2, 0.25) is 0 Å². The highest BCUT2D eigenvalue weighted by Crippen LogP contribution is 2.36. The van der Waals surface area contributed by atoms with Crippen molar-refractivity contribution in [2.45, 2.75) is 26.2 Å². The number of methoxy groups -OCH3 is 2. The van der Waals surface area contributed by atoms with Crippen LogP contribution in [-0.2, 0) is 16.0 Å². The van der Waals surface area contributed by atoms with Gasteiger partial charge in [0, 0.05) is 30.7 Å². The largest absolute Gasteiger partial charge is 0.493 e. The Balaban J connectivity index is 1.52. The van der Waals surface area contributed by atoms with Crippen molar-refractivity contribution >= 4 is 16.8 Å². The topological polar surface area (TPSA) is 99.8 Å². The molecule has 3 aromatic rings. The molecule has 0 saturated carbocycles. The maximum Gasteiger partial charge on any atom is 0.221 e. The van der Waals surface area contributed by atoms with Gasteiger partial charge in [-0.1, -0.05) is 12.1 Å². The third-order valence-corrected chi connectivity index (χ3v) is 6.69. The quantitative estimate of drug-likeness (QED) is 0.477. The summed E-state index contributed by atoms with van der Waals surface area (Å²) in [4.78, 5) is 22.8. The molecule has 1 aliphatic rings. The van der Waals surface area contributed by atoms with Crippen LogP contribution in [-0.4, -0.2) is 67.8 Å². The average molecular weight is 479 g/mol. The number of amides is 1. The van der Waals surface area contributed by atoms with Gasteiger partial charge >= 0.3 is 0 Å². The lowest BCUT2D eigenvalue weighted by Gasteiger charge is -2.31. The number of carbonyl (C=O) groups excluding carboxylic acids is 1. The highest BCUT2D eigenvalue weighted by molar-refractivity contribution is 5.94. The van der Waals surface area contributed by atoms with Crippen LogP contribution < -0.4 is 15.2 Å². The van der Waals surface area contributed by atoms with Crippen molar-refractivity contribution in [1.82, 2.24) is 14.9 Å². The van der Waals surface area contributed by atoms with Crippen LogP contribution in [0.25, 0.3) is 22.2 Å². The van der Waals surface area contributed by atoms with Gasteiger partial charge in [-0.3, -0.25) is 4.79 Å². The molecular formula is C27H34N4O4. The molecule has 8 nitrogen and oxygen atoms in total. The predicted octanol–water partition coefficient (Wildman–Crippen LogP) is 3.38. The number of hydrogen-bond donors (Lipinski definition) is 1. The Hall–Kier alpha value is -3.23. The van der Waals surface area contributed by atoms with Crippen molar-refractivity contribution < 1.29 is 19.0 Å². The van der Waals surface area contributed by atoms with E-state index in [1.165, 1.54) is 0 Å². The van der Waals surface area contributed by atoms with Crippen LogP contribution >= 0.6 is 0 Å². The van der Waals surface area contributed by atoms with Gasteiger partial charge < -0.3 is 24.8 Å². The summed E-state index contributed by atoms with van der Waals surface area (Å²) in [5.41, 5.74) is 9.81. The maximum absolute atomic E-state index is 11.3. The zero-order valence-electron chi connectivity index (χ0n) is 20.8. The summed E-state index contributed by atoms with van der Waals surface area (Å²) in [5, 5.41) is 0.880. The molecule has 0 radical (unpaired) electrons. The number of nitrogens with zero attached hydrogens (tertiary/aromatic N) is 3. The van der Waals surface area contributed by atoms with Gasteiger partial charge in [0.05, 0.1) is 38.0 Å². The number of aromatic nitrogens is 2.